The minimum atomic E-state index is -0.426. The number of rotatable bonds is 9. The number of carbonyl (C=O) groups excluding carboxylic acids is 2. The Morgan fingerprint density at radius 1 is 1.14 bits per heavy atom. The van der Waals surface area contributed by atoms with Crippen molar-refractivity contribution in [3.63, 3.8) is 0 Å². The fourth-order valence-corrected chi connectivity index (χ4v) is 2.57. The second-order valence-corrected chi connectivity index (χ2v) is 6.30. The summed E-state index contributed by atoms with van der Waals surface area (Å²) in [5, 5.41) is 11.9. The third-order valence-electron chi connectivity index (χ3n) is 4.08. The van der Waals surface area contributed by atoms with Crippen molar-refractivity contribution in [2.24, 2.45) is 0 Å². The lowest BCUT2D eigenvalue weighted by atomic mass is 10.1. The lowest BCUT2D eigenvalue weighted by Crippen LogP contribution is -2.25. The molecule has 0 fully saturated rings. The van der Waals surface area contributed by atoms with Crippen LogP contribution >= 0.6 is 0 Å². The van der Waals surface area contributed by atoms with Crippen LogP contribution in [0.25, 0.3) is 6.08 Å². The predicted octanol–water partition coefficient (Wildman–Crippen LogP) is 3.67. The van der Waals surface area contributed by atoms with Crippen molar-refractivity contribution in [2.75, 3.05) is 13.7 Å². The quantitative estimate of drug-likeness (QED) is 0.304. The van der Waals surface area contributed by atoms with E-state index in [0.717, 1.165) is 12.0 Å². The van der Waals surface area contributed by atoms with E-state index < -0.39 is 5.91 Å². The van der Waals surface area contributed by atoms with Gasteiger partial charge < -0.3 is 14.8 Å². The molecule has 1 amide bonds. The van der Waals surface area contributed by atoms with Crippen LogP contribution < -0.4 is 14.8 Å². The van der Waals surface area contributed by atoms with Gasteiger partial charge in [0, 0.05) is 13.0 Å². The molecule has 0 aliphatic rings. The number of hydrogen-bond acceptors (Lipinski definition) is 5. The number of benzene rings is 2. The van der Waals surface area contributed by atoms with Gasteiger partial charge in [-0.2, -0.15) is 5.26 Å². The van der Waals surface area contributed by atoms with Gasteiger partial charge in [0.2, 0.25) is 0 Å². The first-order valence-electron chi connectivity index (χ1n) is 9.40. The van der Waals surface area contributed by atoms with Gasteiger partial charge >= 0.3 is 5.97 Å². The summed E-state index contributed by atoms with van der Waals surface area (Å²) in [6.45, 7) is 2.43. The summed E-state index contributed by atoms with van der Waals surface area (Å²) >= 11 is 0. The number of methoxy groups -OCH3 is 1. The molecule has 0 heterocycles. The number of nitrogens with one attached hydrogen (secondary N) is 1. The van der Waals surface area contributed by atoms with Crippen molar-refractivity contribution >= 4 is 18.0 Å². The van der Waals surface area contributed by atoms with Crippen LogP contribution in [0.2, 0.25) is 0 Å². The largest absolute Gasteiger partial charge is 0.493 e. The third kappa shape index (κ3) is 6.82. The van der Waals surface area contributed by atoms with Gasteiger partial charge in [-0.25, -0.2) is 0 Å². The Labute approximate surface area is 170 Å². The van der Waals surface area contributed by atoms with Crippen LogP contribution in [0, 0.1) is 11.3 Å². The maximum Gasteiger partial charge on any atom is 0.311 e. The van der Waals surface area contributed by atoms with E-state index in [9.17, 15) is 14.9 Å². The van der Waals surface area contributed by atoms with E-state index in [4.69, 9.17) is 9.47 Å². The lowest BCUT2D eigenvalue weighted by Gasteiger charge is -2.10. The van der Waals surface area contributed by atoms with E-state index in [1.807, 2.05) is 43.3 Å². The first-order chi connectivity index (χ1) is 14.1. The van der Waals surface area contributed by atoms with Crippen LogP contribution in [0.1, 0.15) is 30.9 Å². The molecular weight excluding hydrogens is 368 g/mol. The van der Waals surface area contributed by atoms with E-state index in [0.29, 0.717) is 24.3 Å². The molecule has 2 aromatic carbocycles. The smallest absolute Gasteiger partial charge is 0.311 e. The molecule has 29 heavy (non-hydrogen) atoms. The maximum absolute atomic E-state index is 12.2. The monoisotopic (exact) mass is 392 g/mol. The number of ether oxygens (including phenoxy) is 2. The second-order valence-electron chi connectivity index (χ2n) is 6.30. The Bertz CT molecular complexity index is 914. The Morgan fingerprint density at radius 3 is 2.55 bits per heavy atom. The SMILES string of the molecule is CCCNC(=O)/C(C#N)=C/c1ccc(OC(=O)CCc2ccccc2)c(OC)c1. The summed E-state index contributed by atoms with van der Waals surface area (Å²) in [5.41, 5.74) is 1.64. The first kappa shape index (κ1) is 21.7. The summed E-state index contributed by atoms with van der Waals surface area (Å²) in [6.07, 6.45) is 3.07. The van der Waals surface area contributed by atoms with Crippen LogP contribution in [-0.4, -0.2) is 25.5 Å². The van der Waals surface area contributed by atoms with E-state index >= 15 is 0 Å². The average Bonchev–Trinajstić information content (AvgIpc) is 2.75. The highest BCUT2D eigenvalue weighted by molar-refractivity contribution is 6.01. The molecule has 0 aliphatic carbocycles. The van der Waals surface area contributed by atoms with E-state index in [-0.39, 0.29) is 23.7 Å². The van der Waals surface area contributed by atoms with Crippen LogP contribution in [0.3, 0.4) is 0 Å². The minimum Gasteiger partial charge on any atom is -0.493 e. The van der Waals surface area contributed by atoms with Crippen LogP contribution in [-0.2, 0) is 16.0 Å². The van der Waals surface area contributed by atoms with Gasteiger partial charge in [0.15, 0.2) is 11.5 Å². The topological polar surface area (TPSA) is 88.4 Å². The van der Waals surface area contributed by atoms with Crippen molar-refractivity contribution in [3.8, 4) is 17.6 Å². The molecule has 1 N–H and O–H groups in total. The molecule has 0 aliphatic heterocycles. The molecule has 0 atom stereocenters. The van der Waals surface area contributed by atoms with E-state index in [1.165, 1.54) is 13.2 Å². The number of aryl methyl sites for hydroxylation is 1. The number of hydrogen-bond donors (Lipinski definition) is 1. The third-order valence-corrected chi connectivity index (χ3v) is 4.08. The molecular formula is C23H24N2O4. The normalized spacial score (nSPS) is 10.7. The molecule has 150 valence electrons. The average molecular weight is 392 g/mol. The Kier molecular flexibility index (Phi) is 8.46. The zero-order chi connectivity index (χ0) is 21.1. The van der Waals surface area contributed by atoms with Gasteiger partial charge in [0.05, 0.1) is 7.11 Å². The summed E-state index contributed by atoms with van der Waals surface area (Å²) in [6, 6.07) is 16.4. The number of amides is 1. The van der Waals surface area contributed by atoms with E-state index in [1.54, 1.807) is 18.2 Å². The van der Waals surface area contributed by atoms with Gasteiger partial charge in [-0.3, -0.25) is 9.59 Å². The fraction of sp³-hybridized carbons (Fsp3) is 0.261. The molecule has 2 rings (SSSR count). The summed E-state index contributed by atoms with van der Waals surface area (Å²) < 4.78 is 10.7. The molecule has 6 heteroatoms. The van der Waals surface area contributed by atoms with Crippen molar-refractivity contribution < 1.29 is 19.1 Å². The molecule has 6 nitrogen and oxygen atoms in total. The van der Waals surface area contributed by atoms with Crippen molar-refractivity contribution in [1.29, 1.82) is 5.26 Å². The van der Waals surface area contributed by atoms with Crippen LogP contribution in [0.15, 0.2) is 54.1 Å². The highest BCUT2D eigenvalue weighted by atomic mass is 16.6. The first-order valence-corrected chi connectivity index (χ1v) is 9.40. The van der Waals surface area contributed by atoms with E-state index in [2.05, 4.69) is 5.32 Å². The van der Waals surface area contributed by atoms with Gasteiger partial charge in [-0.15, -0.1) is 0 Å². The van der Waals surface area contributed by atoms with Crippen LogP contribution in [0.4, 0.5) is 0 Å². The molecule has 0 aromatic heterocycles. The molecule has 0 unspecified atom stereocenters. The molecule has 2 aromatic rings. The van der Waals surface area contributed by atoms with Crippen LogP contribution in [0.5, 0.6) is 11.5 Å². The highest BCUT2D eigenvalue weighted by Crippen LogP contribution is 2.29. The van der Waals surface area contributed by atoms with Gasteiger partial charge in [-0.1, -0.05) is 43.3 Å². The Balaban J connectivity index is 2.07. The zero-order valence-electron chi connectivity index (χ0n) is 16.6. The van der Waals surface area contributed by atoms with Crippen molar-refractivity contribution in [2.45, 2.75) is 26.2 Å². The number of esters is 1. The molecule has 0 saturated carbocycles. The minimum absolute atomic E-state index is 0.00638. The number of nitriles is 1. The van der Waals surface area contributed by atoms with Crippen molar-refractivity contribution in [1.82, 2.24) is 5.32 Å². The number of carbonyl (C=O) groups is 2. The second kappa shape index (κ2) is 11.3. The molecule has 0 spiro atoms. The lowest BCUT2D eigenvalue weighted by molar-refractivity contribution is -0.134. The standard InChI is InChI=1S/C23H24N2O4/c1-3-13-25-23(27)19(16-24)14-18-9-11-20(21(15-18)28-2)29-22(26)12-10-17-7-5-4-6-8-17/h4-9,11,14-15H,3,10,12-13H2,1-2H3,(H,25,27)/b19-14+. The fourth-order valence-electron chi connectivity index (χ4n) is 2.57. The van der Waals surface area contributed by atoms with Crippen molar-refractivity contribution in [3.05, 3.63) is 65.2 Å². The molecule has 0 bridgehead atoms. The molecule has 0 saturated heterocycles. The molecule has 0 radical (unpaired) electrons. The Morgan fingerprint density at radius 2 is 1.90 bits per heavy atom. The van der Waals surface area contributed by atoms with Gasteiger partial charge in [-0.05, 0) is 42.2 Å². The number of nitrogens with zero attached hydrogens (tertiary/aromatic N) is 1. The Hall–Kier alpha value is -3.59. The summed E-state index contributed by atoms with van der Waals surface area (Å²) in [7, 11) is 1.46. The van der Waals surface area contributed by atoms with Gasteiger partial charge in [0.25, 0.3) is 5.91 Å². The zero-order valence-corrected chi connectivity index (χ0v) is 16.6. The van der Waals surface area contributed by atoms with Gasteiger partial charge in [0.1, 0.15) is 11.6 Å². The summed E-state index contributed by atoms with van der Waals surface area (Å²) in [4.78, 5) is 24.2. The predicted molar refractivity (Wildman–Crippen MR) is 110 cm³/mol. The summed E-state index contributed by atoms with van der Waals surface area (Å²) in [5.74, 6) is -0.161. The highest BCUT2D eigenvalue weighted by Gasteiger charge is 2.13. The maximum atomic E-state index is 12.2.